The van der Waals surface area contributed by atoms with E-state index in [1.165, 1.54) is 11.1 Å². The van der Waals surface area contributed by atoms with Crippen LogP contribution in [0.1, 0.15) is 40.8 Å². The molecular formula is C29H34N4O3. The first-order valence-corrected chi connectivity index (χ1v) is 12.4. The average molecular weight is 487 g/mol. The number of benzene rings is 3. The van der Waals surface area contributed by atoms with Gasteiger partial charge in [0.2, 0.25) is 5.91 Å². The molecule has 3 aromatic rings. The lowest BCUT2D eigenvalue weighted by Gasteiger charge is -2.40. The van der Waals surface area contributed by atoms with Crippen LogP contribution in [0.3, 0.4) is 0 Å². The molecule has 2 fully saturated rings. The lowest BCUT2D eigenvalue weighted by molar-refractivity contribution is -0.129. The first-order valence-electron chi connectivity index (χ1n) is 12.4. The molecule has 1 amide bonds. The molecule has 0 aromatic heterocycles. The van der Waals surface area contributed by atoms with Crippen LogP contribution in [0.2, 0.25) is 0 Å². The van der Waals surface area contributed by atoms with Crippen LogP contribution in [0.5, 0.6) is 11.5 Å². The SMILES string of the molecule is COc1ccc(C2CC(C(=O)NCc3cccc(OC)c3)C3C(NNC3c3ccc(C)cc3)N2)cc1. The summed E-state index contributed by atoms with van der Waals surface area (Å²) in [7, 11) is 3.32. The van der Waals surface area contributed by atoms with Gasteiger partial charge in [0, 0.05) is 24.4 Å². The highest BCUT2D eigenvalue weighted by Gasteiger charge is 2.49. The molecule has 3 aromatic carbocycles. The lowest BCUT2D eigenvalue weighted by atomic mass is 9.74. The van der Waals surface area contributed by atoms with Gasteiger partial charge in [0.05, 0.1) is 26.4 Å². The number of fused-ring (bicyclic) bond motifs is 1. The maximum absolute atomic E-state index is 13.7. The number of nitrogens with one attached hydrogen (secondary N) is 4. The largest absolute Gasteiger partial charge is 0.497 e. The number of hydrazine groups is 1. The topological polar surface area (TPSA) is 83.7 Å². The molecule has 0 spiro atoms. The number of aryl methyl sites for hydroxylation is 1. The first kappa shape index (κ1) is 24.3. The van der Waals surface area contributed by atoms with Crippen LogP contribution in [0.25, 0.3) is 0 Å². The van der Waals surface area contributed by atoms with Crippen molar-refractivity contribution in [1.82, 2.24) is 21.5 Å². The number of amides is 1. The number of methoxy groups -OCH3 is 2. The van der Waals surface area contributed by atoms with Gasteiger partial charge in [-0.25, -0.2) is 10.9 Å². The molecule has 5 rings (SSSR count). The van der Waals surface area contributed by atoms with Crippen molar-refractivity contribution in [2.75, 3.05) is 14.2 Å². The average Bonchev–Trinajstić information content (AvgIpc) is 3.36. The van der Waals surface area contributed by atoms with Crippen molar-refractivity contribution in [1.29, 1.82) is 0 Å². The van der Waals surface area contributed by atoms with Crippen LogP contribution in [-0.2, 0) is 11.3 Å². The number of hydrogen-bond acceptors (Lipinski definition) is 6. The zero-order valence-electron chi connectivity index (χ0n) is 21.0. The van der Waals surface area contributed by atoms with E-state index in [0.717, 1.165) is 22.6 Å². The van der Waals surface area contributed by atoms with Crippen LogP contribution in [-0.4, -0.2) is 26.3 Å². The fourth-order valence-electron chi connectivity index (χ4n) is 5.41. The van der Waals surface area contributed by atoms with Crippen LogP contribution >= 0.6 is 0 Å². The summed E-state index contributed by atoms with van der Waals surface area (Å²) in [6.45, 7) is 2.55. The van der Waals surface area contributed by atoms with Crippen molar-refractivity contribution >= 4 is 5.91 Å². The summed E-state index contributed by atoms with van der Waals surface area (Å²) >= 11 is 0. The van der Waals surface area contributed by atoms with Crippen LogP contribution < -0.4 is 31.0 Å². The monoisotopic (exact) mass is 486 g/mol. The van der Waals surface area contributed by atoms with Gasteiger partial charge in [-0.15, -0.1) is 0 Å². The Kier molecular flexibility index (Phi) is 7.23. The third kappa shape index (κ3) is 5.09. The second-order valence-corrected chi connectivity index (χ2v) is 9.64. The van der Waals surface area contributed by atoms with Crippen molar-refractivity contribution < 1.29 is 14.3 Å². The van der Waals surface area contributed by atoms with Crippen molar-refractivity contribution in [3.05, 3.63) is 95.1 Å². The lowest BCUT2D eigenvalue weighted by Crippen LogP contribution is -2.54. The maximum atomic E-state index is 13.7. The Morgan fingerprint density at radius 3 is 2.36 bits per heavy atom. The number of carbonyl (C=O) groups is 1. The highest BCUT2D eigenvalue weighted by Crippen LogP contribution is 2.42. The normalized spacial score (nSPS) is 25.1. The fraction of sp³-hybridized carbons (Fsp3) is 0.345. The Labute approximate surface area is 212 Å². The molecule has 5 atom stereocenters. The summed E-state index contributed by atoms with van der Waals surface area (Å²) in [5.74, 6) is 1.53. The molecule has 0 saturated carbocycles. The minimum atomic E-state index is -0.192. The molecule has 2 saturated heterocycles. The van der Waals surface area contributed by atoms with E-state index in [9.17, 15) is 4.79 Å². The second-order valence-electron chi connectivity index (χ2n) is 9.64. The summed E-state index contributed by atoms with van der Waals surface area (Å²) in [6, 6.07) is 24.5. The van der Waals surface area contributed by atoms with Gasteiger partial charge in [-0.1, -0.05) is 54.1 Å². The molecule has 2 aliphatic heterocycles. The van der Waals surface area contributed by atoms with E-state index in [2.05, 4.69) is 64.8 Å². The molecule has 4 N–H and O–H groups in total. The Bertz CT molecular complexity index is 1180. The quantitative estimate of drug-likeness (QED) is 0.407. The highest BCUT2D eigenvalue weighted by atomic mass is 16.5. The summed E-state index contributed by atoms with van der Waals surface area (Å²) in [5, 5.41) is 6.95. The molecule has 0 radical (unpaired) electrons. The van der Waals surface area contributed by atoms with Gasteiger partial charge in [0.15, 0.2) is 0 Å². The van der Waals surface area contributed by atoms with Gasteiger partial charge in [0.1, 0.15) is 11.5 Å². The van der Waals surface area contributed by atoms with Gasteiger partial charge in [-0.2, -0.15) is 0 Å². The second kappa shape index (κ2) is 10.7. The van der Waals surface area contributed by atoms with Crippen LogP contribution in [0, 0.1) is 18.8 Å². The number of piperidine rings is 1. The fourth-order valence-corrected chi connectivity index (χ4v) is 5.41. The number of carbonyl (C=O) groups excluding carboxylic acids is 1. The molecule has 0 bridgehead atoms. The molecule has 2 aliphatic rings. The van der Waals surface area contributed by atoms with E-state index in [0.29, 0.717) is 13.0 Å². The molecule has 188 valence electrons. The summed E-state index contributed by atoms with van der Waals surface area (Å²) in [6.07, 6.45) is 0.646. The van der Waals surface area contributed by atoms with E-state index in [1.807, 2.05) is 36.4 Å². The zero-order valence-corrected chi connectivity index (χ0v) is 21.0. The molecule has 7 nitrogen and oxygen atoms in total. The van der Waals surface area contributed by atoms with E-state index >= 15 is 0 Å². The van der Waals surface area contributed by atoms with E-state index in [-0.39, 0.29) is 36.0 Å². The number of ether oxygens (including phenoxy) is 2. The maximum Gasteiger partial charge on any atom is 0.223 e. The van der Waals surface area contributed by atoms with Crippen LogP contribution in [0.15, 0.2) is 72.8 Å². The molecule has 5 unspecified atom stereocenters. The van der Waals surface area contributed by atoms with E-state index in [1.54, 1.807) is 14.2 Å². The van der Waals surface area contributed by atoms with E-state index in [4.69, 9.17) is 9.47 Å². The molecule has 7 heteroatoms. The molecule has 0 aliphatic carbocycles. The molecule has 36 heavy (non-hydrogen) atoms. The van der Waals surface area contributed by atoms with Gasteiger partial charge >= 0.3 is 0 Å². The summed E-state index contributed by atoms with van der Waals surface area (Å²) in [5.41, 5.74) is 11.5. The van der Waals surface area contributed by atoms with Crippen molar-refractivity contribution in [3.63, 3.8) is 0 Å². The Hall–Kier alpha value is -3.39. The number of rotatable bonds is 7. The van der Waals surface area contributed by atoms with Crippen molar-refractivity contribution in [2.24, 2.45) is 11.8 Å². The van der Waals surface area contributed by atoms with Crippen molar-refractivity contribution in [2.45, 2.75) is 38.1 Å². The Morgan fingerprint density at radius 2 is 1.64 bits per heavy atom. The van der Waals surface area contributed by atoms with Crippen molar-refractivity contribution in [3.8, 4) is 11.5 Å². The standard InChI is InChI=1S/C29H34N4O3/c1-18-7-9-21(10-8-18)27-26-24(29(34)30-17-19-5-4-6-23(15-19)36-3)16-25(31-28(26)33-32-27)20-11-13-22(35-2)14-12-20/h4-15,24-28,31-33H,16-17H2,1-3H3,(H,30,34). The zero-order chi connectivity index (χ0) is 25.1. The summed E-state index contributed by atoms with van der Waals surface area (Å²) < 4.78 is 10.7. The van der Waals surface area contributed by atoms with Gasteiger partial charge < -0.3 is 14.8 Å². The highest BCUT2D eigenvalue weighted by molar-refractivity contribution is 5.79. The van der Waals surface area contributed by atoms with Gasteiger partial charge in [0.25, 0.3) is 0 Å². The molecular weight excluding hydrogens is 452 g/mol. The van der Waals surface area contributed by atoms with Gasteiger partial charge in [-0.05, 0) is 54.3 Å². The summed E-state index contributed by atoms with van der Waals surface area (Å²) in [4.78, 5) is 13.7. The number of hydrogen-bond donors (Lipinski definition) is 4. The van der Waals surface area contributed by atoms with Crippen LogP contribution in [0.4, 0.5) is 0 Å². The third-order valence-corrected chi connectivity index (χ3v) is 7.39. The smallest absolute Gasteiger partial charge is 0.223 e. The predicted octanol–water partition coefficient (Wildman–Crippen LogP) is 3.77. The molecule has 2 heterocycles. The minimum Gasteiger partial charge on any atom is -0.497 e. The van der Waals surface area contributed by atoms with E-state index < -0.39 is 0 Å². The van der Waals surface area contributed by atoms with Gasteiger partial charge in [-0.3, -0.25) is 10.1 Å². The Morgan fingerprint density at radius 1 is 0.917 bits per heavy atom. The minimum absolute atomic E-state index is 0.0208. The first-order chi connectivity index (χ1) is 17.6. The third-order valence-electron chi connectivity index (χ3n) is 7.39. The Balaban J connectivity index is 1.39. The predicted molar refractivity (Wildman–Crippen MR) is 139 cm³/mol.